The zero-order valence-corrected chi connectivity index (χ0v) is 15.6. The largest absolute Gasteiger partial charge is 0.298 e. The number of nitrogens with one attached hydrogen (secondary N) is 1. The number of fused-ring (bicyclic) bond motifs is 1. The molecule has 4 nitrogen and oxygen atoms in total. The molecule has 1 aliphatic heterocycles. The van der Waals surface area contributed by atoms with Crippen molar-refractivity contribution in [3.63, 3.8) is 0 Å². The van der Waals surface area contributed by atoms with Crippen LogP contribution in [0.5, 0.6) is 0 Å². The van der Waals surface area contributed by atoms with Crippen LogP contribution in [0.15, 0.2) is 60.2 Å². The number of halogens is 1. The van der Waals surface area contributed by atoms with Gasteiger partial charge in [0.05, 0.1) is 5.69 Å². The van der Waals surface area contributed by atoms with Crippen LogP contribution in [-0.4, -0.2) is 16.9 Å². The van der Waals surface area contributed by atoms with Crippen LogP contribution in [-0.2, 0) is 9.59 Å². The molecular weight excluding hydrogens is 388 g/mol. The molecule has 0 saturated carbocycles. The maximum atomic E-state index is 12.9. The first-order valence-electron chi connectivity index (χ1n) is 7.68. The maximum Gasteiger partial charge on any atom is 0.270 e. The van der Waals surface area contributed by atoms with Gasteiger partial charge in [0.15, 0.2) is 5.11 Å². The summed E-state index contributed by atoms with van der Waals surface area (Å²) < 4.78 is 1.09. The fourth-order valence-corrected chi connectivity index (χ4v) is 4.11. The number of amides is 2. The Morgan fingerprint density at radius 2 is 1.81 bits per heavy atom. The number of thiophene rings is 1. The highest BCUT2D eigenvalue weighted by atomic mass is 35.5. The minimum Gasteiger partial charge on any atom is -0.298 e. The summed E-state index contributed by atoms with van der Waals surface area (Å²) in [6.07, 6.45) is 1.60. The Morgan fingerprint density at radius 1 is 1.08 bits per heavy atom. The molecule has 2 heterocycles. The van der Waals surface area contributed by atoms with Gasteiger partial charge in [0.1, 0.15) is 5.57 Å². The van der Waals surface area contributed by atoms with Gasteiger partial charge in [-0.1, -0.05) is 29.8 Å². The highest BCUT2D eigenvalue weighted by molar-refractivity contribution is 7.80. The van der Waals surface area contributed by atoms with Gasteiger partial charge in [0.25, 0.3) is 11.8 Å². The Labute approximate surface area is 163 Å². The van der Waals surface area contributed by atoms with Crippen LogP contribution >= 0.6 is 35.2 Å². The summed E-state index contributed by atoms with van der Waals surface area (Å²) in [5.41, 5.74) is 0.590. The number of hydrogen-bond acceptors (Lipinski definition) is 4. The lowest BCUT2D eigenvalue weighted by atomic mass is 10.1. The lowest BCUT2D eigenvalue weighted by Crippen LogP contribution is -2.54. The standard InChI is InChI=1S/C19H11ClN2O2S2/c20-12-5-7-13(8-6-12)22-18(24)15(17(23)21-19(22)25)10-14-9-11-3-1-2-4-16(11)26-14/h1-10H,(H,21,23,25)/b15-10+. The van der Waals surface area contributed by atoms with E-state index in [9.17, 15) is 9.59 Å². The van der Waals surface area contributed by atoms with Crippen molar-refractivity contribution in [2.24, 2.45) is 0 Å². The predicted octanol–water partition coefficient (Wildman–Crippen LogP) is 4.39. The van der Waals surface area contributed by atoms with Crippen LogP contribution in [0.25, 0.3) is 16.2 Å². The summed E-state index contributed by atoms with van der Waals surface area (Å²) in [7, 11) is 0. The van der Waals surface area contributed by atoms with Crippen LogP contribution in [0.1, 0.15) is 4.88 Å². The number of carbonyl (C=O) groups excluding carboxylic acids is 2. The summed E-state index contributed by atoms with van der Waals surface area (Å²) in [4.78, 5) is 27.4. The fraction of sp³-hybridized carbons (Fsp3) is 0. The van der Waals surface area contributed by atoms with Crippen molar-refractivity contribution in [2.45, 2.75) is 0 Å². The van der Waals surface area contributed by atoms with Crippen LogP contribution in [0, 0.1) is 0 Å². The second kappa shape index (κ2) is 6.64. The lowest BCUT2D eigenvalue weighted by Gasteiger charge is -2.28. The second-order valence-corrected chi connectivity index (χ2v) is 7.56. The van der Waals surface area contributed by atoms with Crippen molar-refractivity contribution in [3.05, 3.63) is 70.1 Å². The Morgan fingerprint density at radius 3 is 2.54 bits per heavy atom. The minimum atomic E-state index is -0.498. The molecule has 26 heavy (non-hydrogen) atoms. The number of thiocarbonyl (C=S) groups is 1. The van der Waals surface area contributed by atoms with Gasteiger partial charge in [-0.05, 0) is 60.1 Å². The van der Waals surface area contributed by atoms with Gasteiger partial charge < -0.3 is 0 Å². The number of hydrogen-bond donors (Lipinski definition) is 1. The summed E-state index contributed by atoms with van der Waals surface area (Å²) >= 11 is 12.6. The Bertz CT molecular complexity index is 1050. The number of benzene rings is 2. The zero-order valence-electron chi connectivity index (χ0n) is 13.2. The third-order valence-corrected chi connectivity index (χ3v) is 5.52. The van der Waals surface area contributed by atoms with Gasteiger partial charge in [0, 0.05) is 14.6 Å². The molecule has 0 unspecified atom stereocenters. The Hall–Kier alpha value is -2.54. The third kappa shape index (κ3) is 3.03. The summed E-state index contributed by atoms with van der Waals surface area (Å²) in [6, 6.07) is 16.5. The van der Waals surface area contributed by atoms with E-state index in [-0.39, 0.29) is 10.7 Å². The van der Waals surface area contributed by atoms with Crippen molar-refractivity contribution < 1.29 is 9.59 Å². The van der Waals surface area contributed by atoms with E-state index in [1.807, 2.05) is 30.3 Å². The molecule has 0 aliphatic carbocycles. The maximum absolute atomic E-state index is 12.9. The van der Waals surface area contributed by atoms with E-state index >= 15 is 0 Å². The van der Waals surface area contributed by atoms with Gasteiger partial charge in [-0.2, -0.15) is 0 Å². The molecule has 0 atom stereocenters. The molecule has 0 bridgehead atoms. The molecule has 1 fully saturated rings. The molecule has 7 heteroatoms. The van der Waals surface area contributed by atoms with Crippen molar-refractivity contribution in [1.29, 1.82) is 0 Å². The summed E-state index contributed by atoms with van der Waals surface area (Å²) in [6.45, 7) is 0. The van der Waals surface area contributed by atoms with Gasteiger partial charge in [0.2, 0.25) is 0 Å². The second-order valence-electron chi connectivity index (χ2n) is 5.62. The molecule has 4 rings (SSSR count). The number of rotatable bonds is 2. The van der Waals surface area contributed by atoms with E-state index in [0.717, 1.165) is 15.0 Å². The Balaban J connectivity index is 1.75. The average Bonchev–Trinajstić information content (AvgIpc) is 3.03. The highest BCUT2D eigenvalue weighted by Gasteiger charge is 2.34. The van der Waals surface area contributed by atoms with Gasteiger partial charge in [-0.15, -0.1) is 11.3 Å². The number of anilines is 1. The van der Waals surface area contributed by atoms with E-state index in [2.05, 4.69) is 5.32 Å². The quantitative estimate of drug-likeness (QED) is 0.396. The van der Waals surface area contributed by atoms with E-state index in [1.165, 1.54) is 16.2 Å². The van der Waals surface area contributed by atoms with E-state index in [0.29, 0.717) is 10.7 Å². The molecular formula is C19H11ClN2O2S2. The molecule has 1 saturated heterocycles. The first kappa shape index (κ1) is 16.9. The molecule has 1 aliphatic rings. The number of carbonyl (C=O) groups is 2. The number of nitrogens with zero attached hydrogens (tertiary/aromatic N) is 1. The normalized spacial score (nSPS) is 16.4. The lowest BCUT2D eigenvalue weighted by molar-refractivity contribution is -0.122. The van der Waals surface area contributed by atoms with Crippen molar-refractivity contribution in [2.75, 3.05) is 4.90 Å². The monoisotopic (exact) mass is 398 g/mol. The first-order chi connectivity index (χ1) is 12.5. The highest BCUT2D eigenvalue weighted by Crippen LogP contribution is 2.29. The van der Waals surface area contributed by atoms with E-state index in [1.54, 1.807) is 30.3 Å². The molecule has 3 aromatic rings. The van der Waals surface area contributed by atoms with Crippen LogP contribution < -0.4 is 10.2 Å². The summed E-state index contributed by atoms with van der Waals surface area (Å²) in [5, 5.41) is 4.25. The van der Waals surface area contributed by atoms with Crippen LogP contribution in [0.2, 0.25) is 5.02 Å². The van der Waals surface area contributed by atoms with E-state index < -0.39 is 11.8 Å². The first-order valence-corrected chi connectivity index (χ1v) is 9.29. The van der Waals surface area contributed by atoms with E-state index in [4.69, 9.17) is 23.8 Å². The minimum absolute atomic E-state index is 0.0418. The molecule has 0 spiro atoms. The van der Waals surface area contributed by atoms with Gasteiger partial charge >= 0.3 is 0 Å². The SMILES string of the molecule is O=C1NC(=S)N(c2ccc(Cl)cc2)C(=O)/C1=C/c1cc2ccccc2s1. The fourth-order valence-electron chi connectivity index (χ4n) is 2.70. The third-order valence-electron chi connectivity index (χ3n) is 3.92. The molecule has 1 aromatic heterocycles. The smallest absolute Gasteiger partial charge is 0.270 e. The Kier molecular flexibility index (Phi) is 4.32. The van der Waals surface area contributed by atoms with Gasteiger partial charge in [-0.3, -0.25) is 19.8 Å². The predicted molar refractivity (Wildman–Crippen MR) is 109 cm³/mol. The molecule has 2 aromatic carbocycles. The van der Waals surface area contributed by atoms with Crippen molar-refractivity contribution in [3.8, 4) is 0 Å². The molecule has 2 amide bonds. The van der Waals surface area contributed by atoms with Crippen LogP contribution in [0.3, 0.4) is 0 Å². The molecule has 1 N–H and O–H groups in total. The summed E-state index contributed by atoms with van der Waals surface area (Å²) in [5.74, 6) is -0.957. The molecule has 0 radical (unpaired) electrons. The van der Waals surface area contributed by atoms with Gasteiger partial charge in [-0.25, -0.2) is 0 Å². The topological polar surface area (TPSA) is 49.4 Å². The molecule has 128 valence electrons. The zero-order chi connectivity index (χ0) is 18.3. The van der Waals surface area contributed by atoms with Crippen LogP contribution in [0.4, 0.5) is 5.69 Å². The van der Waals surface area contributed by atoms with Crippen molar-refractivity contribution in [1.82, 2.24) is 5.32 Å². The van der Waals surface area contributed by atoms with Crippen molar-refractivity contribution >= 4 is 73.9 Å². The average molecular weight is 399 g/mol.